The summed E-state index contributed by atoms with van der Waals surface area (Å²) in [5, 5.41) is 0. The average Bonchev–Trinajstić information content (AvgIpc) is 2.09. The smallest absolute Gasteiger partial charge is 0.142 e. The maximum atomic E-state index is 10.2. The van der Waals surface area contributed by atoms with E-state index in [-0.39, 0.29) is 0 Å². The van der Waals surface area contributed by atoms with Gasteiger partial charge in [-0.1, -0.05) is 39.0 Å². The van der Waals surface area contributed by atoms with Gasteiger partial charge in [0.25, 0.3) is 0 Å². The maximum Gasteiger partial charge on any atom is 0.142 e. The summed E-state index contributed by atoms with van der Waals surface area (Å²) in [5.41, 5.74) is 0.362. The standard InChI is InChI=1S/C13H20O/c1-11-7-6-9-13(2,3)12(11)8-4-5-10-14/h4-7,10-12H,8-9H2,1-3H3/b5-4+/t11-,12?/m0/s1. The summed E-state index contributed by atoms with van der Waals surface area (Å²) in [6, 6.07) is 0. The van der Waals surface area contributed by atoms with Crippen molar-refractivity contribution in [3.05, 3.63) is 24.3 Å². The van der Waals surface area contributed by atoms with Gasteiger partial charge in [0.05, 0.1) is 0 Å². The highest BCUT2D eigenvalue weighted by Gasteiger charge is 2.33. The predicted octanol–water partition coefficient (Wildman–Crippen LogP) is 3.37. The van der Waals surface area contributed by atoms with Gasteiger partial charge in [0.2, 0.25) is 0 Å². The van der Waals surface area contributed by atoms with Gasteiger partial charge in [-0.15, -0.1) is 0 Å². The Morgan fingerprint density at radius 3 is 2.79 bits per heavy atom. The Balaban J connectivity index is 2.67. The van der Waals surface area contributed by atoms with Crippen LogP contribution in [0.2, 0.25) is 0 Å². The number of carbonyl (C=O) groups excluding carboxylic acids is 1. The number of rotatable bonds is 3. The van der Waals surface area contributed by atoms with Crippen molar-refractivity contribution in [2.45, 2.75) is 33.6 Å². The topological polar surface area (TPSA) is 17.1 Å². The van der Waals surface area contributed by atoms with Gasteiger partial charge in [0.15, 0.2) is 0 Å². The molecule has 0 aromatic heterocycles. The molecule has 78 valence electrons. The third-order valence-electron chi connectivity index (χ3n) is 3.33. The van der Waals surface area contributed by atoms with Crippen LogP contribution in [0.25, 0.3) is 0 Å². The van der Waals surface area contributed by atoms with Crippen molar-refractivity contribution >= 4 is 6.29 Å². The first-order chi connectivity index (χ1) is 6.58. The van der Waals surface area contributed by atoms with E-state index in [1.807, 2.05) is 6.08 Å². The highest BCUT2D eigenvalue weighted by molar-refractivity contribution is 5.64. The van der Waals surface area contributed by atoms with E-state index < -0.39 is 0 Å². The van der Waals surface area contributed by atoms with Crippen LogP contribution in [-0.4, -0.2) is 6.29 Å². The molecule has 0 saturated heterocycles. The third-order valence-corrected chi connectivity index (χ3v) is 3.33. The second-order valence-electron chi connectivity index (χ2n) is 4.89. The lowest BCUT2D eigenvalue weighted by molar-refractivity contribution is -0.104. The molecular weight excluding hydrogens is 172 g/mol. The summed E-state index contributed by atoms with van der Waals surface area (Å²) in [6.45, 7) is 6.88. The Labute approximate surface area is 86.9 Å². The minimum atomic E-state index is 0.362. The van der Waals surface area contributed by atoms with Crippen molar-refractivity contribution in [2.24, 2.45) is 17.3 Å². The first kappa shape index (κ1) is 11.2. The first-order valence-corrected chi connectivity index (χ1v) is 5.35. The molecule has 0 heterocycles. The molecule has 0 aromatic carbocycles. The van der Waals surface area contributed by atoms with Crippen molar-refractivity contribution in [3.8, 4) is 0 Å². The van der Waals surface area contributed by atoms with Crippen molar-refractivity contribution in [1.29, 1.82) is 0 Å². The molecule has 0 saturated carbocycles. The van der Waals surface area contributed by atoms with Crippen LogP contribution < -0.4 is 0 Å². The second-order valence-corrected chi connectivity index (χ2v) is 4.89. The Morgan fingerprint density at radius 1 is 1.50 bits per heavy atom. The molecule has 0 amide bonds. The van der Waals surface area contributed by atoms with Gasteiger partial charge in [-0.2, -0.15) is 0 Å². The van der Waals surface area contributed by atoms with Gasteiger partial charge in [-0.05, 0) is 36.2 Å². The van der Waals surface area contributed by atoms with Crippen LogP contribution in [0.15, 0.2) is 24.3 Å². The zero-order chi connectivity index (χ0) is 10.6. The second kappa shape index (κ2) is 4.59. The molecule has 1 aliphatic rings. The summed E-state index contributed by atoms with van der Waals surface area (Å²) >= 11 is 0. The summed E-state index contributed by atoms with van der Waals surface area (Å²) in [4.78, 5) is 10.2. The molecule has 1 aliphatic carbocycles. The molecule has 1 unspecified atom stereocenters. The van der Waals surface area contributed by atoms with E-state index in [0.717, 1.165) is 19.1 Å². The third kappa shape index (κ3) is 2.57. The van der Waals surface area contributed by atoms with E-state index in [2.05, 4.69) is 32.9 Å². The average molecular weight is 192 g/mol. The molecule has 1 nitrogen and oxygen atoms in total. The molecule has 0 aromatic rings. The maximum absolute atomic E-state index is 10.2. The van der Waals surface area contributed by atoms with Crippen LogP contribution in [0.3, 0.4) is 0 Å². The summed E-state index contributed by atoms with van der Waals surface area (Å²) < 4.78 is 0. The largest absolute Gasteiger partial charge is 0.299 e. The van der Waals surface area contributed by atoms with Crippen LogP contribution in [-0.2, 0) is 4.79 Å². The number of hydrogen-bond donors (Lipinski definition) is 0. The first-order valence-electron chi connectivity index (χ1n) is 5.35. The zero-order valence-corrected chi connectivity index (χ0v) is 9.36. The number of allylic oxidation sites excluding steroid dienone is 4. The van der Waals surface area contributed by atoms with Gasteiger partial charge < -0.3 is 0 Å². The van der Waals surface area contributed by atoms with E-state index in [1.165, 1.54) is 0 Å². The molecular formula is C13H20O. The zero-order valence-electron chi connectivity index (χ0n) is 9.36. The normalized spacial score (nSPS) is 30.8. The number of aldehydes is 1. The fourth-order valence-corrected chi connectivity index (χ4v) is 2.40. The minimum absolute atomic E-state index is 0.362. The lowest BCUT2D eigenvalue weighted by Crippen LogP contribution is -2.30. The molecule has 2 atom stereocenters. The van der Waals surface area contributed by atoms with Crippen LogP contribution in [0.1, 0.15) is 33.6 Å². The van der Waals surface area contributed by atoms with Crippen molar-refractivity contribution in [1.82, 2.24) is 0 Å². The molecule has 14 heavy (non-hydrogen) atoms. The Morgan fingerprint density at radius 2 is 2.21 bits per heavy atom. The quantitative estimate of drug-likeness (QED) is 0.380. The SMILES string of the molecule is C[C@H]1C=CCC(C)(C)C1C/C=C/C=O. The molecule has 0 N–H and O–H groups in total. The molecule has 0 fully saturated rings. The highest BCUT2D eigenvalue weighted by Crippen LogP contribution is 2.42. The van der Waals surface area contributed by atoms with Gasteiger partial charge in [0.1, 0.15) is 6.29 Å². The van der Waals surface area contributed by atoms with E-state index in [4.69, 9.17) is 0 Å². The van der Waals surface area contributed by atoms with E-state index in [0.29, 0.717) is 17.3 Å². The molecule has 0 bridgehead atoms. The van der Waals surface area contributed by atoms with Crippen LogP contribution in [0.4, 0.5) is 0 Å². The summed E-state index contributed by atoms with van der Waals surface area (Å²) in [5.74, 6) is 1.28. The molecule has 0 aliphatic heterocycles. The lowest BCUT2D eigenvalue weighted by atomic mass is 9.66. The highest BCUT2D eigenvalue weighted by atomic mass is 16.1. The van der Waals surface area contributed by atoms with Gasteiger partial charge in [-0.25, -0.2) is 0 Å². The summed E-state index contributed by atoms with van der Waals surface area (Å²) in [7, 11) is 0. The minimum Gasteiger partial charge on any atom is -0.299 e. The molecule has 0 spiro atoms. The lowest BCUT2D eigenvalue weighted by Gasteiger charge is -2.39. The van der Waals surface area contributed by atoms with Gasteiger partial charge in [0, 0.05) is 0 Å². The fraction of sp³-hybridized carbons (Fsp3) is 0.615. The number of hydrogen-bond acceptors (Lipinski definition) is 1. The Bertz CT molecular complexity index is 248. The molecule has 1 heteroatoms. The van der Waals surface area contributed by atoms with Gasteiger partial charge in [-0.3, -0.25) is 4.79 Å². The molecule has 0 radical (unpaired) electrons. The monoisotopic (exact) mass is 192 g/mol. The van der Waals surface area contributed by atoms with Crippen molar-refractivity contribution < 1.29 is 4.79 Å². The molecule has 1 rings (SSSR count). The van der Waals surface area contributed by atoms with Crippen LogP contribution in [0, 0.1) is 17.3 Å². The van der Waals surface area contributed by atoms with Crippen LogP contribution in [0.5, 0.6) is 0 Å². The van der Waals surface area contributed by atoms with E-state index >= 15 is 0 Å². The van der Waals surface area contributed by atoms with E-state index in [9.17, 15) is 4.79 Å². The summed E-state index contributed by atoms with van der Waals surface area (Å²) in [6.07, 6.45) is 11.2. The number of carbonyl (C=O) groups is 1. The Hall–Kier alpha value is -0.850. The van der Waals surface area contributed by atoms with E-state index in [1.54, 1.807) is 6.08 Å². The van der Waals surface area contributed by atoms with Crippen LogP contribution >= 0.6 is 0 Å². The Kier molecular flexibility index (Phi) is 3.68. The van der Waals surface area contributed by atoms with Gasteiger partial charge >= 0.3 is 0 Å². The van der Waals surface area contributed by atoms with Crippen molar-refractivity contribution in [3.63, 3.8) is 0 Å². The predicted molar refractivity (Wildman–Crippen MR) is 60.0 cm³/mol. The van der Waals surface area contributed by atoms with Crippen molar-refractivity contribution in [2.75, 3.05) is 0 Å². The fourth-order valence-electron chi connectivity index (χ4n) is 2.40.